The number of likely N-dealkylation sites (tertiary alicyclic amines) is 2. The molecule has 4 rings (SSSR count). The normalized spacial score (nSPS) is 25.5. The fourth-order valence-corrected chi connectivity index (χ4v) is 4.17. The highest BCUT2D eigenvalue weighted by molar-refractivity contribution is 5.23. The molecule has 2 fully saturated rings. The first kappa shape index (κ1) is 16.8. The standard InChI is InChI=1S/C20H28N4O/c25-20-16-22(15-19(20)23-10-2-1-3-11-23)13-17-5-7-18(8-6-17)14-24-12-4-9-21-24/h4-9,12,19-20,25H,1-3,10-11,13-16H2/t19-,20-/m1/s1. The van der Waals surface area contributed by atoms with Crippen LogP contribution < -0.4 is 0 Å². The zero-order valence-electron chi connectivity index (χ0n) is 14.8. The van der Waals surface area contributed by atoms with Gasteiger partial charge in [-0.15, -0.1) is 0 Å². The Morgan fingerprint density at radius 3 is 2.36 bits per heavy atom. The van der Waals surface area contributed by atoms with Gasteiger partial charge in [-0.3, -0.25) is 14.5 Å². The zero-order chi connectivity index (χ0) is 17.1. The molecule has 0 radical (unpaired) electrons. The van der Waals surface area contributed by atoms with E-state index in [1.807, 2.05) is 23.1 Å². The molecule has 1 aromatic heterocycles. The average molecular weight is 340 g/mol. The lowest BCUT2D eigenvalue weighted by molar-refractivity contribution is 0.0706. The first-order chi connectivity index (χ1) is 12.3. The molecule has 0 spiro atoms. The topological polar surface area (TPSA) is 44.5 Å². The molecule has 5 nitrogen and oxygen atoms in total. The number of nitrogens with zero attached hydrogens (tertiary/aromatic N) is 4. The van der Waals surface area contributed by atoms with Crippen LogP contribution in [0.5, 0.6) is 0 Å². The molecular weight excluding hydrogens is 312 g/mol. The predicted octanol–water partition coefficient (Wildman–Crippen LogP) is 1.96. The summed E-state index contributed by atoms with van der Waals surface area (Å²) in [7, 11) is 0. The number of benzene rings is 1. The highest BCUT2D eigenvalue weighted by Crippen LogP contribution is 2.22. The molecule has 1 N–H and O–H groups in total. The van der Waals surface area contributed by atoms with Gasteiger partial charge in [-0.25, -0.2) is 0 Å². The molecule has 2 aromatic rings. The van der Waals surface area contributed by atoms with Crippen molar-refractivity contribution in [2.24, 2.45) is 0 Å². The smallest absolute Gasteiger partial charge is 0.0834 e. The zero-order valence-corrected chi connectivity index (χ0v) is 14.8. The largest absolute Gasteiger partial charge is 0.390 e. The average Bonchev–Trinajstić information content (AvgIpc) is 3.27. The molecule has 0 aliphatic carbocycles. The molecule has 25 heavy (non-hydrogen) atoms. The molecular formula is C20H28N4O. The minimum Gasteiger partial charge on any atom is -0.390 e. The van der Waals surface area contributed by atoms with Crippen LogP contribution >= 0.6 is 0 Å². The number of rotatable bonds is 5. The van der Waals surface area contributed by atoms with Crippen molar-refractivity contribution in [1.82, 2.24) is 19.6 Å². The molecule has 2 atom stereocenters. The highest BCUT2D eigenvalue weighted by Gasteiger charge is 2.35. The van der Waals surface area contributed by atoms with Crippen molar-refractivity contribution in [3.63, 3.8) is 0 Å². The van der Waals surface area contributed by atoms with Crippen LogP contribution in [0.15, 0.2) is 42.7 Å². The van der Waals surface area contributed by atoms with E-state index in [4.69, 9.17) is 0 Å². The maximum absolute atomic E-state index is 10.5. The third kappa shape index (κ3) is 4.11. The van der Waals surface area contributed by atoms with E-state index in [1.165, 1.54) is 30.4 Å². The number of aromatic nitrogens is 2. The van der Waals surface area contributed by atoms with Gasteiger partial charge in [0.2, 0.25) is 0 Å². The van der Waals surface area contributed by atoms with Crippen LogP contribution in [-0.2, 0) is 13.1 Å². The van der Waals surface area contributed by atoms with E-state index in [0.29, 0.717) is 6.04 Å². The van der Waals surface area contributed by atoms with Crippen molar-refractivity contribution in [2.45, 2.75) is 44.5 Å². The van der Waals surface area contributed by atoms with Crippen molar-refractivity contribution < 1.29 is 5.11 Å². The van der Waals surface area contributed by atoms with Gasteiger partial charge in [-0.05, 0) is 43.1 Å². The van der Waals surface area contributed by atoms with E-state index in [2.05, 4.69) is 39.2 Å². The van der Waals surface area contributed by atoms with Crippen LogP contribution in [0.1, 0.15) is 30.4 Å². The van der Waals surface area contributed by atoms with Crippen molar-refractivity contribution in [2.75, 3.05) is 26.2 Å². The molecule has 1 aromatic carbocycles. The number of aliphatic hydroxyl groups excluding tert-OH is 1. The summed E-state index contributed by atoms with van der Waals surface area (Å²) in [6.07, 6.45) is 7.49. The summed E-state index contributed by atoms with van der Waals surface area (Å²) >= 11 is 0. The van der Waals surface area contributed by atoms with Gasteiger partial charge in [0.1, 0.15) is 0 Å². The van der Waals surface area contributed by atoms with Crippen molar-refractivity contribution in [3.8, 4) is 0 Å². The van der Waals surface area contributed by atoms with Crippen LogP contribution in [-0.4, -0.2) is 63.0 Å². The van der Waals surface area contributed by atoms with Gasteiger partial charge in [-0.2, -0.15) is 5.10 Å². The fourth-order valence-electron chi connectivity index (χ4n) is 4.17. The van der Waals surface area contributed by atoms with Crippen LogP contribution in [0.3, 0.4) is 0 Å². The number of aliphatic hydroxyl groups is 1. The number of hydrogen-bond donors (Lipinski definition) is 1. The van der Waals surface area contributed by atoms with Gasteiger partial charge in [-0.1, -0.05) is 30.7 Å². The highest BCUT2D eigenvalue weighted by atomic mass is 16.3. The third-order valence-electron chi connectivity index (χ3n) is 5.53. The van der Waals surface area contributed by atoms with Gasteiger partial charge >= 0.3 is 0 Å². The van der Waals surface area contributed by atoms with Gasteiger partial charge in [0.05, 0.1) is 12.6 Å². The quantitative estimate of drug-likeness (QED) is 0.904. The number of β-amino-alcohol motifs (C(OH)–C–C–N with tert-alkyl or cyclic N) is 1. The van der Waals surface area contributed by atoms with Gasteiger partial charge in [0.15, 0.2) is 0 Å². The summed E-state index contributed by atoms with van der Waals surface area (Å²) in [5.74, 6) is 0. The van der Waals surface area contributed by atoms with Crippen LogP contribution in [0.4, 0.5) is 0 Å². The van der Waals surface area contributed by atoms with Crippen molar-refractivity contribution in [1.29, 1.82) is 0 Å². The molecule has 0 unspecified atom stereocenters. The first-order valence-corrected chi connectivity index (χ1v) is 9.48. The van der Waals surface area contributed by atoms with Crippen molar-refractivity contribution in [3.05, 3.63) is 53.9 Å². The van der Waals surface area contributed by atoms with Gasteiger partial charge in [0, 0.05) is 38.1 Å². The third-order valence-corrected chi connectivity index (χ3v) is 5.53. The Morgan fingerprint density at radius 1 is 0.960 bits per heavy atom. The summed E-state index contributed by atoms with van der Waals surface area (Å²) in [6, 6.07) is 11.1. The Kier molecular flexibility index (Phi) is 5.15. The molecule has 2 aliphatic rings. The van der Waals surface area contributed by atoms with Gasteiger partial charge < -0.3 is 5.11 Å². The summed E-state index contributed by atoms with van der Waals surface area (Å²) in [6.45, 7) is 5.80. The Bertz CT molecular complexity index is 649. The lowest BCUT2D eigenvalue weighted by atomic mass is 10.1. The Labute approximate surface area is 149 Å². The molecule has 0 amide bonds. The number of hydrogen-bond acceptors (Lipinski definition) is 4. The minimum atomic E-state index is -0.211. The van der Waals surface area contributed by atoms with Crippen LogP contribution in [0, 0.1) is 0 Å². The van der Waals surface area contributed by atoms with E-state index in [0.717, 1.165) is 39.3 Å². The molecule has 5 heteroatoms. The lowest BCUT2D eigenvalue weighted by Crippen LogP contribution is -2.45. The monoisotopic (exact) mass is 340 g/mol. The Balaban J connectivity index is 1.32. The molecule has 0 saturated carbocycles. The number of piperidine rings is 1. The summed E-state index contributed by atoms with van der Waals surface area (Å²) in [5.41, 5.74) is 2.58. The Hall–Kier alpha value is -1.69. The fraction of sp³-hybridized carbons (Fsp3) is 0.550. The summed E-state index contributed by atoms with van der Waals surface area (Å²) < 4.78 is 1.94. The second kappa shape index (κ2) is 7.68. The van der Waals surface area contributed by atoms with Crippen molar-refractivity contribution >= 4 is 0 Å². The van der Waals surface area contributed by atoms with Crippen LogP contribution in [0.2, 0.25) is 0 Å². The SMILES string of the molecule is O[C@@H]1CN(Cc2ccc(Cn3cccn3)cc2)C[C@H]1N1CCCCC1. The molecule has 0 bridgehead atoms. The van der Waals surface area contributed by atoms with E-state index in [9.17, 15) is 5.11 Å². The maximum atomic E-state index is 10.5. The Morgan fingerprint density at radius 2 is 1.68 bits per heavy atom. The molecule has 2 aliphatic heterocycles. The minimum absolute atomic E-state index is 0.211. The van der Waals surface area contributed by atoms with E-state index in [1.54, 1.807) is 0 Å². The summed E-state index contributed by atoms with van der Waals surface area (Å²) in [4.78, 5) is 4.90. The second-order valence-corrected chi connectivity index (χ2v) is 7.45. The van der Waals surface area contributed by atoms with E-state index >= 15 is 0 Å². The summed E-state index contributed by atoms with van der Waals surface area (Å²) in [5, 5.41) is 14.7. The predicted molar refractivity (Wildman–Crippen MR) is 98.3 cm³/mol. The maximum Gasteiger partial charge on any atom is 0.0834 e. The molecule has 2 saturated heterocycles. The first-order valence-electron chi connectivity index (χ1n) is 9.48. The van der Waals surface area contributed by atoms with Crippen LogP contribution in [0.25, 0.3) is 0 Å². The van der Waals surface area contributed by atoms with E-state index < -0.39 is 0 Å². The lowest BCUT2D eigenvalue weighted by Gasteiger charge is -2.33. The van der Waals surface area contributed by atoms with E-state index in [-0.39, 0.29) is 6.10 Å². The molecule has 134 valence electrons. The molecule has 3 heterocycles. The van der Waals surface area contributed by atoms with Gasteiger partial charge in [0.25, 0.3) is 0 Å². The second-order valence-electron chi connectivity index (χ2n) is 7.45.